The molecule has 0 amide bonds. The molecule has 0 fully saturated rings. The minimum atomic E-state index is 0.570. The molecule has 0 unspecified atom stereocenters. The number of hydrogen-bond donors (Lipinski definition) is 1. The van der Waals surface area contributed by atoms with Gasteiger partial charge in [-0.25, -0.2) is 4.99 Å². The van der Waals surface area contributed by atoms with E-state index < -0.39 is 0 Å². The Balaban J connectivity index is 4.51. The van der Waals surface area contributed by atoms with Gasteiger partial charge in [0.15, 0.2) is 0 Å². The monoisotopic (exact) mass is 178 g/mol. The second-order valence-corrected chi connectivity index (χ2v) is 3.39. The van der Waals surface area contributed by atoms with Crippen LogP contribution < -0.4 is 5.73 Å². The van der Waals surface area contributed by atoms with Gasteiger partial charge in [-0.05, 0) is 24.3 Å². The number of aliphatic imine (C=N–C) groups is 1. The third-order valence-electron chi connectivity index (χ3n) is 1.72. The van der Waals surface area contributed by atoms with Gasteiger partial charge in [-0.15, -0.1) is 0 Å². The molecule has 0 radical (unpaired) electrons. The van der Waals surface area contributed by atoms with Crippen LogP contribution in [0.5, 0.6) is 0 Å². The first-order valence-corrected chi connectivity index (χ1v) is 4.57. The predicted octanol–water partition coefficient (Wildman–Crippen LogP) is 2.32. The Morgan fingerprint density at radius 2 is 2.23 bits per heavy atom. The van der Waals surface area contributed by atoms with E-state index in [-0.39, 0.29) is 0 Å². The molecule has 0 aliphatic heterocycles. The Hall–Kier alpha value is -1.23. The Bertz CT molecular complexity index is 241. The number of rotatable bonds is 4. The summed E-state index contributed by atoms with van der Waals surface area (Å²) in [5.41, 5.74) is 7.84. The minimum absolute atomic E-state index is 0.570. The fourth-order valence-corrected chi connectivity index (χ4v) is 1.09. The highest BCUT2D eigenvalue weighted by Gasteiger charge is 2.01. The highest BCUT2D eigenvalue weighted by atomic mass is 14.7. The number of nitrogens with two attached hydrogens (primary N) is 1. The Morgan fingerprint density at radius 3 is 2.62 bits per heavy atom. The van der Waals surface area contributed by atoms with Gasteiger partial charge >= 0.3 is 0 Å². The quantitative estimate of drug-likeness (QED) is 0.520. The molecular formula is C11H18N2. The zero-order chi connectivity index (χ0) is 10.3. The van der Waals surface area contributed by atoms with Crippen molar-refractivity contribution in [2.24, 2.45) is 16.6 Å². The fraction of sp³-hybridized carbons (Fsp3) is 0.545. The van der Waals surface area contributed by atoms with Crippen LogP contribution in [-0.2, 0) is 0 Å². The number of allylic oxidation sites excluding steroid dienone is 2. The second kappa shape index (κ2) is 6.30. The maximum absolute atomic E-state index is 5.89. The van der Waals surface area contributed by atoms with Crippen LogP contribution in [-0.4, -0.2) is 6.21 Å². The van der Waals surface area contributed by atoms with Crippen molar-refractivity contribution in [2.45, 2.75) is 33.6 Å². The van der Waals surface area contributed by atoms with Gasteiger partial charge in [0.25, 0.3) is 0 Å². The maximum atomic E-state index is 5.89. The van der Waals surface area contributed by atoms with Gasteiger partial charge in [-0.1, -0.05) is 27.2 Å². The topological polar surface area (TPSA) is 38.4 Å². The summed E-state index contributed by atoms with van der Waals surface area (Å²) < 4.78 is 0. The zero-order valence-electron chi connectivity index (χ0n) is 8.67. The van der Waals surface area contributed by atoms with Gasteiger partial charge < -0.3 is 5.73 Å². The van der Waals surface area contributed by atoms with E-state index in [1.807, 2.05) is 6.92 Å². The third kappa shape index (κ3) is 5.08. The molecular weight excluding hydrogens is 160 g/mol. The summed E-state index contributed by atoms with van der Waals surface area (Å²) in [6.07, 6.45) is 8.48. The maximum Gasteiger partial charge on any atom is 0.0424 e. The molecule has 0 saturated heterocycles. The van der Waals surface area contributed by atoms with Crippen molar-refractivity contribution in [3.63, 3.8) is 0 Å². The lowest BCUT2D eigenvalue weighted by molar-refractivity contribution is 0.634. The molecule has 0 rings (SSSR count). The smallest absolute Gasteiger partial charge is 0.0424 e. The van der Waals surface area contributed by atoms with Crippen LogP contribution in [0, 0.1) is 18.4 Å². The van der Waals surface area contributed by atoms with Crippen molar-refractivity contribution < 1.29 is 0 Å². The van der Waals surface area contributed by atoms with E-state index in [0.29, 0.717) is 5.92 Å². The molecule has 0 spiro atoms. The van der Waals surface area contributed by atoms with E-state index in [1.54, 1.807) is 6.21 Å². The highest BCUT2D eigenvalue weighted by molar-refractivity contribution is 5.80. The third-order valence-corrected chi connectivity index (χ3v) is 1.72. The number of nitrogens with zero attached hydrogens (tertiary/aromatic N) is 1. The largest absolute Gasteiger partial charge is 0.402 e. The van der Waals surface area contributed by atoms with E-state index in [2.05, 4.69) is 24.9 Å². The van der Waals surface area contributed by atoms with Crippen molar-refractivity contribution in [1.29, 1.82) is 0 Å². The molecule has 13 heavy (non-hydrogen) atoms. The molecule has 0 aromatic carbocycles. The molecule has 0 aromatic rings. The number of terminal acetylenes is 1. The SMILES string of the molecule is C#CN=C/C(CC)=C(/N)CC(C)C. The Kier molecular flexibility index (Phi) is 5.71. The fourth-order valence-electron chi connectivity index (χ4n) is 1.09. The van der Waals surface area contributed by atoms with Crippen LogP contribution in [0.1, 0.15) is 33.6 Å². The lowest BCUT2D eigenvalue weighted by Gasteiger charge is -2.08. The molecule has 0 aliphatic rings. The first-order chi connectivity index (χ1) is 6.11. The summed E-state index contributed by atoms with van der Waals surface area (Å²) in [5.74, 6) is 0.570. The van der Waals surface area contributed by atoms with E-state index >= 15 is 0 Å². The van der Waals surface area contributed by atoms with Crippen LogP contribution in [0.15, 0.2) is 16.3 Å². The van der Waals surface area contributed by atoms with Crippen molar-refractivity contribution >= 4 is 6.21 Å². The summed E-state index contributed by atoms with van der Waals surface area (Å²) >= 11 is 0. The summed E-state index contributed by atoms with van der Waals surface area (Å²) in [7, 11) is 0. The van der Waals surface area contributed by atoms with Gasteiger partial charge in [-0.2, -0.15) is 0 Å². The molecule has 2 N–H and O–H groups in total. The van der Waals surface area contributed by atoms with Crippen molar-refractivity contribution in [1.82, 2.24) is 0 Å². The van der Waals surface area contributed by atoms with Crippen LogP contribution in [0.3, 0.4) is 0 Å². The van der Waals surface area contributed by atoms with Crippen LogP contribution >= 0.6 is 0 Å². The van der Waals surface area contributed by atoms with Crippen molar-refractivity contribution in [3.8, 4) is 12.5 Å². The van der Waals surface area contributed by atoms with Gasteiger partial charge in [0.2, 0.25) is 0 Å². The van der Waals surface area contributed by atoms with Crippen molar-refractivity contribution in [2.75, 3.05) is 0 Å². The zero-order valence-corrected chi connectivity index (χ0v) is 8.67. The molecule has 0 heterocycles. The summed E-state index contributed by atoms with van der Waals surface area (Å²) in [6.45, 7) is 6.32. The van der Waals surface area contributed by atoms with Gasteiger partial charge in [0.05, 0.1) is 0 Å². The standard InChI is InChI=1S/C11H18N2/c1-5-10(8-13-6-2)11(12)7-9(3)4/h2,8-9H,5,7,12H2,1,3-4H3/b11-10+,13-8?. The first kappa shape index (κ1) is 11.8. The van der Waals surface area contributed by atoms with Crippen LogP contribution in [0.2, 0.25) is 0 Å². The average Bonchev–Trinajstić information content (AvgIpc) is 2.04. The van der Waals surface area contributed by atoms with E-state index in [9.17, 15) is 0 Å². The summed E-state index contributed by atoms with van der Waals surface area (Å²) in [6, 6.07) is 2.22. The van der Waals surface area contributed by atoms with Gasteiger partial charge in [-0.3, -0.25) is 0 Å². The van der Waals surface area contributed by atoms with Crippen molar-refractivity contribution in [3.05, 3.63) is 11.3 Å². The van der Waals surface area contributed by atoms with Crippen LogP contribution in [0.25, 0.3) is 0 Å². The van der Waals surface area contributed by atoms with Crippen LogP contribution in [0.4, 0.5) is 0 Å². The second-order valence-electron chi connectivity index (χ2n) is 3.39. The first-order valence-electron chi connectivity index (χ1n) is 4.57. The van der Waals surface area contributed by atoms with E-state index in [1.165, 1.54) is 0 Å². The van der Waals surface area contributed by atoms with Gasteiger partial charge in [0.1, 0.15) is 0 Å². The highest BCUT2D eigenvalue weighted by Crippen LogP contribution is 2.11. The predicted molar refractivity (Wildman–Crippen MR) is 58.3 cm³/mol. The van der Waals surface area contributed by atoms with Gasteiger partial charge in [0, 0.05) is 18.0 Å². The normalized spacial score (nSPS) is 13.2. The minimum Gasteiger partial charge on any atom is -0.402 e. The summed E-state index contributed by atoms with van der Waals surface area (Å²) in [5, 5.41) is 0. The lowest BCUT2D eigenvalue weighted by atomic mass is 10.0. The molecule has 72 valence electrons. The molecule has 0 aliphatic carbocycles. The molecule has 0 atom stereocenters. The summed E-state index contributed by atoms with van der Waals surface area (Å²) in [4.78, 5) is 3.74. The molecule has 0 bridgehead atoms. The molecule has 0 saturated carbocycles. The Morgan fingerprint density at radius 1 is 1.62 bits per heavy atom. The average molecular weight is 178 g/mol. The number of hydrogen-bond acceptors (Lipinski definition) is 2. The Labute approximate surface area is 80.9 Å². The molecule has 0 aromatic heterocycles. The molecule has 2 nitrogen and oxygen atoms in total. The van der Waals surface area contributed by atoms with E-state index in [4.69, 9.17) is 12.2 Å². The van der Waals surface area contributed by atoms with E-state index in [0.717, 1.165) is 24.1 Å². The molecule has 2 heteroatoms. The lowest BCUT2D eigenvalue weighted by Crippen LogP contribution is -2.06.